The van der Waals surface area contributed by atoms with Crippen molar-refractivity contribution in [3.63, 3.8) is 0 Å². The van der Waals surface area contributed by atoms with E-state index in [-0.39, 0.29) is 5.92 Å². The zero-order valence-electron chi connectivity index (χ0n) is 19.3. The van der Waals surface area contributed by atoms with Gasteiger partial charge in [-0.2, -0.15) is 13.2 Å². The largest absolute Gasteiger partial charge is 0.423 e. The molecule has 1 aromatic rings. The number of hydrogen-bond donors (Lipinski definition) is 0. The van der Waals surface area contributed by atoms with Gasteiger partial charge >= 0.3 is 12.1 Å². The predicted octanol–water partition coefficient (Wildman–Crippen LogP) is 7.97. The van der Waals surface area contributed by atoms with Crippen LogP contribution in [0.25, 0.3) is 0 Å². The van der Waals surface area contributed by atoms with Crippen LogP contribution < -0.4 is 4.74 Å². The molecule has 4 atom stereocenters. The summed E-state index contributed by atoms with van der Waals surface area (Å²) >= 11 is 0. The van der Waals surface area contributed by atoms with Gasteiger partial charge in [0, 0.05) is 0 Å². The molecule has 3 fully saturated rings. The monoisotopic (exact) mass is 466 g/mol. The Balaban J connectivity index is 1.26. The molecule has 4 unspecified atom stereocenters. The van der Waals surface area contributed by atoms with Crippen molar-refractivity contribution in [2.24, 2.45) is 35.5 Å². The molecule has 3 saturated carbocycles. The molecule has 1 aromatic carbocycles. The standard InChI is InChI=1S/C27H34F4O2/c1-2-3-17-4-5-22-15-21(11-10-20(22)14-17)18-6-8-19(9-7-18)26(32)33-25-13-12-23(16-24(25)28)27(29,30)31/h2-3,12-13,16-22H,4-11,14-15H2,1H3/b3-2+. The fraction of sp³-hybridized carbons (Fsp3) is 0.667. The Bertz CT molecular complexity index is 854. The molecule has 2 nitrogen and oxygen atoms in total. The Morgan fingerprint density at radius 3 is 2.15 bits per heavy atom. The van der Waals surface area contributed by atoms with E-state index < -0.39 is 29.3 Å². The third-order valence-corrected chi connectivity index (χ3v) is 8.40. The van der Waals surface area contributed by atoms with Crippen LogP contribution >= 0.6 is 0 Å². The van der Waals surface area contributed by atoms with Gasteiger partial charge in [-0.15, -0.1) is 0 Å². The van der Waals surface area contributed by atoms with Crippen molar-refractivity contribution in [2.75, 3.05) is 0 Å². The third kappa shape index (κ3) is 5.81. The van der Waals surface area contributed by atoms with Crippen LogP contribution in [0.5, 0.6) is 5.75 Å². The van der Waals surface area contributed by atoms with Gasteiger partial charge < -0.3 is 4.74 Å². The molecule has 0 N–H and O–H groups in total. The minimum absolute atomic E-state index is 0.310. The minimum Gasteiger partial charge on any atom is -0.423 e. The molecule has 3 aliphatic rings. The van der Waals surface area contributed by atoms with E-state index in [1.807, 2.05) is 0 Å². The number of halogens is 4. The highest BCUT2D eigenvalue weighted by atomic mass is 19.4. The van der Waals surface area contributed by atoms with E-state index >= 15 is 0 Å². The van der Waals surface area contributed by atoms with Crippen molar-refractivity contribution < 1.29 is 27.1 Å². The Hall–Kier alpha value is -1.85. The predicted molar refractivity (Wildman–Crippen MR) is 119 cm³/mol. The maximum Gasteiger partial charge on any atom is 0.416 e. The van der Waals surface area contributed by atoms with E-state index in [0.29, 0.717) is 24.8 Å². The van der Waals surface area contributed by atoms with E-state index in [1.165, 1.54) is 38.5 Å². The summed E-state index contributed by atoms with van der Waals surface area (Å²) in [6, 6.07) is 2.01. The van der Waals surface area contributed by atoms with E-state index in [4.69, 9.17) is 4.74 Å². The molecule has 0 aromatic heterocycles. The first-order valence-electron chi connectivity index (χ1n) is 12.5. The number of benzene rings is 1. The van der Waals surface area contributed by atoms with Gasteiger partial charge in [-0.3, -0.25) is 4.79 Å². The Labute approximate surface area is 193 Å². The molecule has 4 rings (SSSR count). The topological polar surface area (TPSA) is 26.3 Å². The molecule has 0 bridgehead atoms. The Kier molecular flexibility index (Phi) is 7.49. The van der Waals surface area contributed by atoms with Gasteiger partial charge in [0.05, 0.1) is 11.5 Å². The van der Waals surface area contributed by atoms with Crippen LogP contribution in [-0.2, 0) is 11.0 Å². The lowest BCUT2D eigenvalue weighted by molar-refractivity contribution is -0.140. The number of fused-ring (bicyclic) bond motifs is 1. The molecular formula is C27H34F4O2. The summed E-state index contributed by atoms with van der Waals surface area (Å²) < 4.78 is 57.3. The van der Waals surface area contributed by atoms with Crippen LogP contribution in [0.4, 0.5) is 17.6 Å². The molecule has 0 amide bonds. The molecule has 6 heteroatoms. The zero-order valence-corrected chi connectivity index (χ0v) is 19.3. The summed E-state index contributed by atoms with van der Waals surface area (Å²) in [5, 5.41) is 0. The molecule has 33 heavy (non-hydrogen) atoms. The molecule has 3 aliphatic carbocycles. The molecule has 0 spiro atoms. The first kappa shape index (κ1) is 24.3. The molecule has 0 aliphatic heterocycles. The van der Waals surface area contributed by atoms with Gasteiger partial charge in [0.15, 0.2) is 11.6 Å². The minimum atomic E-state index is -4.63. The molecular weight excluding hydrogens is 432 g/mol. The highest BCUT2D eigenvalue weighted by molar-refractivity contribution is 5.75. The number of alkyl halides is 3. The lowest BCUT2D eigenvalue weighted by Crippen LogP contribution is -2.35. The van der Waals surface area contributed by atoms with Crippen molar-refractivity contribution >= 4 is 5.97 Å². The fourth-order valence-corrected chi connectivity index (χ4v) is 6.61. The summed E-state index contributed by atoms with van der Waals surface area (Å²) in [5.41, 5.74) is -1.09. The molecule has 0 radical (unpaired) electrons. The van der Waals surface area contributed by atoms with E-state index in [2.05, 4.69) is 19.1 Å². The maximum absolute atomic E-state index is 14.0. The average Bonchev–Trinajstić information content (AvgIpc) is 2.79. The average molecular weight is 467 g/mol. The highest BCUT2D eigenvalue weighted by Gasteiger charge is 2.39. The normalized spacial score (nSPS) is 33.0. The first-order valence-corrected chi connectivity index (χ1v) is 12.5. The van der Waals surface area contributed by atoms with Crippen LogP contribution in [0, 0.1) is 41.3 Å². The van der Waals surface area contributed by atoms with Crippen molar-refractivity contribution in [1.82, 2.24) is 0 Å². The van der Waals surface area contributed by atoms with Crippen LogP contribution in [0.15, 0.2) is 30.4 Å². The number of hydrogen-bond acceptors (Lipinski definition) is 2. The number of rotatable bonds is 4. The van der Waals surface area contributed by atoms with E-state index in [1.54, 1.807) is 0 Å². The van der Waals surface area contributed by atoms with Gasteiger partial charge in [-0.05, 0) is 119 Å². The Morgan fingerprint density at radius 2 is 1.52 bits per heavy atom. The number of carbonyl (C=O) groups excluding carboxylic acids is 1. The van der Waals surface area contributed by atoms with Gasteiger partial charge in [0.25, 0.3) is 0 Å². The summed E-state index contributed by atoms with van der Waals surface area (Å²) in [6.07, 6.45) is 11.2. The highest BCUT2D eigenvalue weighted by Crippen LogP contribution is 2.49. The zero-order chi connectivity index (χ0) is 23.6. The van der Waals surface area contributed by atoms with Gasteiger partial charge in [0.2, 0.25) is 0 Å². The summed E-state index contributed by atoms with van der Waals surface area (Å²) in [6.45, 7) is 2.11. The quantitative estimate of drug-likeness (QED) is 0.195. The number of ether oxygens (including phenoxy) is 1. The van der Waals surface area contributed by atoms with Crippen LogP contribution in [0.1, 0.15) is 76.7 Å². The van der Waals surface area contributed by atoms with Gasteiger partial charge in [-0.1, -0.05) is 12.2 Å². The Morgan fingerprint density at radius 1 is 0.909 bits per heavy atom. The molecule has 182 valence electrons. The first-order chi connectivity index (χ1) is 15.7. The van der Waals surface area contributed by atoms with Crippen LogP contribution in [0.2, 0.25) is 0 Å². The molecule has 0 heterocycles. The second-order valence-corrected chi connectivity index (χ2v) is 10.4. The van der Waals surface area contributed by atoms with Crippen molar-refractivity contribution in [2.45, 2.75) is 77.3 Å². The second kappa shape index (κ2) is 10.2. The van der Waals surface area contributed by atoms with Gasteiger partial charge in [0.1, 0.15) is 0 Å². The summed E-state index contributed by atoms with van der Waals surface area (Å²) in [5.74, 6) is 1.39. The SMILES string of the molecule is C/C=C/C1CCC2CC(C3CCC(C(=O)Oc4ccc(C(F)(F)F)cc4F)CC3)CCC2C1. The van der Waals surface area contributed by atoms with Crippen LogP contribution in [-0.4, -0.2) is 5.97 Å². The summed E-state index contributed by atoms with van der Waals surface area (Å²) in [4.78, 5) is 12.5. The van der Waals surface area contributed by atoms with E-state index in [0.717, 1.165) is 48.6 Å². The third-order valence-electron chi connectivity index (χ3n) is 8.40. The van der Waals surface area contributed by atoms with Crippen LogP contribution in [0.3, 0.4) is 0 Å². The maximum atomic E-state index is 14.0. The fourth-order valence-electron chi connectivity index (χ4n) is 6.61. The number of allylic oxidation sites excluding steroid dienone is 2. The van der Waals surface area contributed by atoms with Crippen molar-refractivity contribution in [3.05, 3.63) is 41.7 Å². The lowest BCUT2D eigenvalue weighted by Gasteiger charge is -2.45. The van der Waals surface area contributed by atoms with Crippen molar-refractivity contribution in [3.8, 4) is 5.75 Å². The second-order valence-electron chi connectivity index (χ2n) is 10.4. The van der Waals surface area contributed by atoms with E-state index in [9.17, 15) is 22.4 Å². The number of carbonyl (C=O) groups is 1. The molecule has 0 saturated heterocycles. The smallest absolute Gasteiger partial charge is 0.416 e. The van der Waals surface area contributed by atoms with Crippen molar-refractivity contribution in [1.29, 1.82) is 0 Å². The lowest BCUT2D eigenvalue weighted by atomic mass is 9.61. The number of esters is 1. The van der Waals surface area contributed by atoms with Gasteiger partial charge in [-0.25, -0.2) is 4.39 Å². The summed E-state index contributed by atoms with van der Waals surface area (Å²) in [7, 11) is 0.